The quantitative estimate of drug-likeness (QED) is 0.725. The number of benzene rings is 1. The maximum atomic E-state index is 12.0. The fourth-order valence-electron chi connectivity index (χ4n) is 2.19. The topological polar surface area (TPSA) is 49.3 Å². The van der Waals surface area contributed by atoms with Gasteiger partial charge in [-0.2, -0.15) is 0 Å². The normalized spacial score (nSPS) is 13.1. The first-order valence-corrected chi connectivity index (χ1v) is 7.61. The van der Waals surface area contributed by atoms with Crippen molar-refractivity contribution in [1.82, 2.24) is 5.32 Å². The van der Waals surface area contributed by atoms with Crippen molar-refractivity contribution in [3.8, 4) is 0 Å². The molecule has 2 N–H and O–H groups in total. The fourth-order valence-corrected chi connectivity index (χ4v) is 2.19. The second kappa shape index (κ2) is 9.74. The lowest BCUT2D eigenvalue weighted by Crippen LogP contribution is -2.36. The number of aliphatic hydroxyl groups excluding tert-OH is 1. The molecule has 0 aliphatic rings. The molecule has 0 heterocycles. The molecule has 3 nitrogen and oxygen atoms in total. The molecule has 0 saturated carbocycles. The molecule has 0 radical (unpaired) electrons. The highest BCUT2D eigenvalue weighted by atomic mass is 16.3. The predicted octanol–water partition coefficient (Wildman–Crippen LogP) is 2.96. The molecule has 0 spiro atoms. The van der Waals surface area contributed by atoms with Crippen LogP contribution in [0.15, 0.2) is 60.7 Å². The summed E-state index contributed by atoms with van der Waals surface area (Å²) in [7, 11) is 0. The number of amides is 1. The van der Waals surface area contributed by atoms with E-state index in [2.05, 4.69) is 31.0 Å². The van der Waals surface area contributed by atoms with Crippen LogP contribution < -0.4 is 5.32 Å². The molecule has 1 aromatic carbocycles. The van der Waals surface area contributed by atoms with Gasteiger partial charge in [0.2, 0.25) is 0 Å². The summed E-state index contributed by atoms with van der Waals surface area (Å²) in [5, 5.41) is 12.8. The Hall–Kier alpha value is -2.13. The highest BCUT2D eigenvalue weighted by Crippen LogP contribution is 2.10. The van der Waals surface area contributed by atoms with Crippen molar-refractivity contribution in [3.63, 3.8) is 0 Å². The maximum absolute atomic E-state index is 12.0. The van der Waals surface area contributed by atoms with Gasteiger partial charge in [-0.25, -0.2) is 0 Å². The third-order valence-corrected chi connectivity index (χ3v) is 3.47. The van der Waals surface area contributed by atoms with E-state index in [1.807, 2.05) is 25.1 Å². The number of hydrogen-bond acceptors (Lipinski definition) is 2. The molecule has 118 valence electrons. The predicted molar refractivity (Wildman–Crippen MR) is 91.6 cm³/mol. The minimum Gasteiger partial charge on any atom is -0.378 e. The Kier molecular flexibility index (Phi) is 7.94. The Morgan fingerprint density at radius 3 is 2.64 bits per heavy atom. The van der Waals surface area contributed by atoms with E-state index in [9.17, 15) is 9.90 Å². The number of carbonyl (C=O) groups is 1. The molecule has 22 heavy (non-hydrogen) atoms. The lowest BCUT2D eigenvalue weighted by Gasteiger charge is -2.13. The first-order valence-electron chi connectivity index (χ1n) is 7.61. The van der Waals surface area contributed by atoms with Crippen LogP contribution in [0.2, 0.25) is 0 Å². The number of rotatable bonds is 8. The lowest BCUT2D eigenvalue weighted by molar-refractivity contribution is -0.127. The molecule has 0 aliphatic carbocycles. The number of nitrogens with one attached hydrogen (secondary N) is 1. The van der Waals surface area contributed by atoms with Gasteiger partial charge in [0.25, 0.3) is 5.91 Å². The van der Waals surface area contributed by atoms with Gasteiger partial charge in [0.05, 0.1) is 0 Å². The minimum atomic E-state index is -1.19. The van der Waals surface area contributed by atoms with Crippen LogP contribution in [0, 0.1) is 0 Å². The molecule has 3 heteroatoms. The second-order valence-corrected chi connectivity index (χ2v) is 4.96. The van der Waals surface area contributed by atoms with Crippen molar-refractivity contribution in [1.29, 1.82) is 0 Å². The van der Waals surface area contributed by atoms with E-state index in [0.717, 1.165) is 12.8 Å². The van der Waals surface area contributed by atoms with E-state index in [-0.39, 0.29) is 0 Å². The summed E-state index contributed by atoms with van der Waals surface area (Å²) in [6, 6.07) is 8.19. The average molecular weight is 299 g/mol. The van der Waals surface area contributed by atoms with Crippen molar-refractivity contribution in [3.05, 3.63) is 71.8 Å². The molecule has 0 fully saturated rings. The van der Waals surface area contributed by atoms with Crippen molar-refractivity contribution in [2.75, 3.05) is 6.54 Å². The molecule has 0 aromatic heterocycles. The molecule has 1 aromatic rings. The molecule has 0 saturated heterocycles. The molecule has 0 bridgehead atoms. The van der Waals surface area contributed by atoms with Crippen LogP contribution in [0.5, 0.6) is 0 Å². The summed E-state index contributed by atoms with van der Waals surface area (Å²) in [5.41, 5.74) is 3.01. The van der Waals surface area contributed by atoms with Gasteiger partial charge in [0.1, 0.15) is 0 Å². The molecule has 1 atom stereocenters. The summed E-state index contributed by atoms with van der Waals surface area (Å²) < 4.78 is 0. The van der Waals surface area contributed by atoms with Crippen molar-refractivity contribution < 1.29 is 9.90 Å². The third-order valence-electron chi connectivity index (χ3n) is 3.47. The standard InChI is InChI=1S/C19H25NO2/c1-4-7-10-16(6-3)18(21)19(22)20-14-13-17-12-9-8-11-15(17)5-2/h4,6-12,18,21H,3,5,13-14H2,1-2H3,(H,20,22)/b7-4-,16-10+. The van der Waals surface area contributed by atoms with Crippen LogP contribution in [0.25, 0.3) is 0 Å². The fraction of sp³-hybridized carbons (Fsp3) is 0.316. The molecule has 0 aliphatic heterocycles. The largest absolute Gasteiger partial charge is 0.378 e. The van der Waals surface area contributed by atoms with Crippen LogP contribution in [0.4, 0.5) is 0 Å². The van der Waals surface area contributed by atoms with Crippen molar-refractivity contribution in [2.24, 2.45) is 0 Å². The summed E-state index contributed by atoms with van der Waals surface area (Å²) >= 11 is 0. The van der Waals surface area contributed by atoms with E-state index in [0.29, 0.717) is 12.1 Å². The highest BCUT2D eigenvalue weighted by molar-refractivity contribution is 5.84. The summed E-state index contributed by atoms with van der Waals surface area (Å²) in [6.07, 6.45) is 7.32. The van der Waals surface area contributed by atoms with Crippen LogP contribution in [-0.2, 0) is 17.6 Å². The third kappa shape index (κ3) is 5.34. The zero-order chi connectivity index (χ0) is 16.4. The number of carbonyl (C=O) groups excluding carboxylic acids is 1. The van der Waals surface area contributed by atoms with Gasteiger partial charge in [-0.05, 0) is 36.5 Å². The van der Waals surface area contributed by atoms with Crippen molar-refractivity contribution >= 4 is 5.91 Å². The van der Waals surface area contributed by atoms with Gasteiger partial charge in [-0.1, -0.05) is 62.1 Å². The van der Waals surface area contributed by atoms with Gasteiger partial charge in [-0.15, -0.1) is 0 Å². The Morgan fingerprint density at radius 1 is 1.36 bits per heavy atom. The molecule has 1 unspecified atom stereocenters. The Labute approximate surface area is 133 Å². The van der Waals surface area contributed by atoms with Gasteiger partial charge < -0.3 is 10.4 Å². The summed E-state index contributed by atoms with van der Waals surface area (Å²) in [5.74, 6) is -0.398. The second-order valence-electron chi connectivity index (χ2n) is 4.96. The maximum Gasteiger partial charge on any atom is 0.253 e. The van der Waals surface area contributed by atoms with Crippen LogP contribution in [0.3, 0.4) is 0 Å². The highest BCUT2D eigenvalue weighted by Gasteiger charge is 2.16. The number of aryl methyl sites for hydroxylation is 1. The molecule has 1 amide bonds. The Bertz CT molecular complexity index is 558. The molecular formula is C19H25NO2. The number of hydrogen-bond donors (Lipinski definition) is 2. The van der Waals surface area contributed by atoms with E-state index in [1.54, 1.807) is 12.2 Å². The van der Waals surface area contributed by atoms with Crippen LogP contribution >= 0.6 is 0 Å². The van der Waals surface area contributed by atoms with Gasteiger partial charge >= 0.3 is 0 Å². The van der Waals surface area contributed by atoms with Gasteiger partial charge in [0, 0.05) is 6.54 Å². The first kappa shape index (κ1) is 17.9. The number of aliphatic hydroxyl groups is 1. The molecular weight excluding hydrogens is 274 g/mol. The van der Waals surface area contributed by atoms with Crippen molar-refractivity contribution in [2.45, 2.75) is 32.8 Å². The molecule has 1 rings (SSSR count). The number of allylic oxidation sites excluding steroid dienone is 3. The zero-order valence-corrected chi connectivity index (χ0v) is 13.4. The van der Waals surface area contributed by atoms with E-state index in [1.165, 1.54) is 17.2 Å². The zero-order valence-electron chi connectivity index (χ0n) is 13.4. The average Bonchev–Trinajstić information content (AvgIpc) is 2.55. The van der Waals surface area contributed by atoms with E-state index in [4.69, 9.17) is 0 Å². The Morgan fingerprint density at radius 2 is 2.05 bits per heavy atom. The van der Waals surface area contributed by atoms with Gasteiger partial charge in [0.15, 0.2) is 6.10 Å². The Balaban J connectivity index is 2.57. The SMILES string of the molecule is C=C/C(=C\C=C/C)C(O)C(=O)NCCc1ccccc1CC. The minimum absolute atomic E-state index is 0.398. The van der Waals surface area contributed by atoms with E-state index >= 15 is 0 Å². The lowest BCUT2D eigenvalue weighted by atomic mass is 10.0. The summed E-state index contributed by atoms with van der Waals surface area (Å²) in [4.78, 5) is 12.0. The van der Waals surface area contributed by atoms with E-state index < -0.39 is 12.0 Å². The monoisotopic (exact) mass is 299 g/mol. The van der Waals surface area contributed by atoms with Gasteiger partial charge in [-0.3, -0.25) is 4.79 Å². The summed E-state index contributed by atoms with van der Waals surface area (Å²) in [6.45, 7) is 8.11. The smallest absolute Gasteiger partial charge is 0.253 e. The first-order chi connectivity index (χ1) is 10.6. The van der Waals surface area contributed by atoms with Crippen LogP contribution in [0.1, 0.15) is 25.0 Å². The van der Waals surface area contributed by atoms with Crippen LogP contribution in [-0.4, -0.2) is 23.7 Å².